The van der Waals surface area contributed by atoms with Gasteiger partial charge in [0.2, 0.25) is 17.7 Å². The van der Waals surface area contributed by atoms with Crippen molar-refractivity contribution in [2.45, 2.75) is 45.1 Å². The standard InChI is InChI=1S/C13H24N4O3/c1-8(2)6-10(13(20)16-7-11(14)18)17-5-3-4-9(17)12(15)19/h8-10H,3-7H2,1-2H3,(H2,14,18)(H2,15,19)(H,16,20)/t9?,10-/m1/s1/i6D2. The van der Waals surface area contributed by atoms with Gasteiger partial charge in [-0.25, -0.2) is 0 Å². The Balaban J connectivity index is 3.08. The Morgan fingerprint density at radius 1 is 1.40 bits per heavy atom. The smallest absolute Gasteiger partial charge is 0.237 e. The van der Waals surface area contributed by atoms with Crippen molar-refractivity contribution in [1.82, 2.24) is 10.2 Å². The van der Waals surface area contributed by atoms with E-state index in [-0.39, 0.29) is 6.54 Å². The molecule has 0 aromatic carbocycles. The molecule has 0 radical (unpaired) electrons. The highest BCUT2D eigenvalue weighted by Gasteiger charge is 2.37. The summed E-state index contributed by atoms with van der Waals surface area (Å²) in [5, 5.41) is 2.33. The van der Waals surface area contributed by atoms with Gasteiger partial charge in [0.15, 0.2) is 0 Å². The summed E-state index contributed by atoms with van der Waals surface area (Å²) in [5.41, 5.74) is 10.4. The monoisotopic (exact) mass is 286 g/mol. The molecular weight excluding hydrogens is 260 g/mol. The number of rotatable bonds is 7. The van der Waals surface area contributed by atoms with E-state index in [0.717, 1.165) is 0 Å². The lowest BCUT2D eigenvalue weighted by atomic mass is 10.0. The molecule has 0 saturated carbocycles. The molecule has 20 heavy (non-hydrogen) atoms. The number of nitrogens with two attached hydrogens (primary N) is 2. The highest BCUT2D eigenvalue weighted by molar-refractivity contribution is 5.88. The van der Waals surface area contributed by atoms with Crippen molar-refractivity contribution in [2.75, 3.05) is 13.1 Å². The van der Waals surface area contributed by atoms with Crippen LogP contribution in [-0.2, 0) is 14.4 Å². The average molecular weight is 286 g/mol. The predicted octanol–water partition coefficient (Wildman–Crippen LogP) is -1.05. The zero-order valence-corrected chi connectivity index (χ0v) is 11.9. The van der Waals surface area contributed by atoms with Gasteiger partial charge in [-0.2, -0.15) is 0 Å². The molecule has 1 aliphatic rings. The molecule has 0 spiro atoms. The number of hydrogen-bond donors (Lipinski definition) is 3. The van der Waals surface area contributed by atoms with Gasteiger partial charge in [0.25, 0.3) is 0 Å². The first-order valence-electron chi connectivity index (χ1n) is 7.70. The molecule has 7 heteroatoms. The number of nitrogens with one attached hydrogen (secondary N) is 1. The van der Waals surface area contributed by atoms with Crippen LogP contribution in [0.5, 0.6) is 0 Å². The highest BCUT2D eigenvalue weighted by Crippen LogP contribution is 2.23. The van der Waals surface area contributed by atoms with Crippen LogP contribution >= 0.6 is 0 Å². The fourth-order valence-electron chi connectivity index (χ4n) is 2.31. The van der Waals surface area contributed by atoms with Gasteiger partial charge in [-0.15, -0.1) is 0 Å². The van der Waals surface area contributed by atoms with E-state index in [4.69, 9.17) is 14.2 Å². The van der Waals surface area contributed by atoms with Gasteiger partial charge in [-0.1, -0.05) is 13.8 Å². The van der Waals surface area contributed by atoms with Crippen molar-refractivity contribution in [1.29, 1.82) is 0 Å². The van der Waals surface area contributed by atoms with Crippen LogP contribution in [0, 0.1) is 5.92 Å². The highest BCUT2D eigenvalue weighted by atomic mass is 16.2. The van der Waals surface area contributed by atoms with Crippen molar-refractivity contribution >= 4 is 17.7 Å². The molecule has 114 valence electrons. The second-order valence-electron chi connectivity index (χ2n) is 5.21. The Morgan fingerprint density at radius 2 is 2.05 bits per heavy atom. The second kappa shape index (κ2) is 7.23. The number of nitrogens with zero attached hydrogens (tertiary/aromatic N) is 1. The fraction of sp³-hybridized carbons (Fsp3) is 0.769. The van der Waals surface area contributed by atoms with Crippen LogP contribution in [-0.4, -0.2) is 47.8 Å². The Labute approximate surface area is 121 Å². The van der Waals surface area contributed by atoms with Crippen molar-refractivity contribution < 1.29 is 17.1 Å². The lowest BCUT2D eigenvalue weighted by Crippen LogP contribution is -2.53. The van der Waals surface area contributed by atoms with Crippen LogP contribution in [0.1, 0.15) is 35.8 Å². The van der Waals surface area contributed by atoms with Gasteiger partial charge in [0, 0.05) is 2.74 Å². The van der Waals surface area contributed by atoms with E-state index in [2.05, 4.69) is 5.32 Å². The Hall–Kier alpha value is -1.63. The van der Waals surface area contributed by atoms with Gasteiger partial charge in [0.05, 0.1) is 18.6 Å². The van der Waals surface area contributed by atoms with E-state index < -0.39 is 42.1 Å². The normalized spacial score (nSPS) is 23.1. The zero-order valence-electron chi connectivity index (χ0n) is 13.9. The van der Waals surface area contributed by atoms with Crippen molar-refractivity contribution in [2.24, 2.45) is 17.4 Å². The van der Waals surface area contributed by atoms with E-state index in [1.54, 1.807) is 13.8 Å². The van der Waals surface area contributed by atoms with Crippen LogP contribution < -0.4 is 16.8 Å². The molecule has 2 atom stereocenters. The molecule has 1 fully saturated rings. The van der Waals surface area contributed by atoms with Crippen LogP contribution in [0.4, 0.5) is 0 Å². The average Bonchev–Trinajstić information content (AvgIpc) is 2.85. The summed E-state index contributed by atoms with van der Waals surface area (Å²) in [5.74, 6) is -2.42. The van der Waals surface area contributed by atoms with E-state index in [1.807, 2.05) is 0 Å². The Morgan fingerprint density at radius 3 is 2.55 bits per heavy atom. The first-order chi connectivity index (χ1) is 10.1. The van der Waals surface area contributed by atoms with Gasteiger partial charge >= 0.3 is 0 Å². The number of carbonyl (C=O) groups is 3. The third-order valence-corrected chi connectivity index (χ3v) is 3.13. The summed E-state index contributed by atoms with van der Waals surface area (Å²) in [4.78, 5) is 36.3. The topological polar surface area (TPSA) is 119 Å². The molecule has 0 aromatic heterocycles. The van der Waals surface area contributed by atoms with Crippen LogP contribution in [0.3, 0.4) is 0 Å². The first kappa shape index (κ1) is 13.4. The lowest BCUT2D eigenvalue weighted by molar-refractivity contribution is -0.132. The molecule has 0 aliphatic carbocycles. The number of hydrogen-bond acceptors (Lipinski definition) is 4. The maximum Gasteiger partial charge on any atom is 0.237 e. The number of likely N-dealkylation sites (tertiary alicyclic amines) is 1. The van der Waals surface area contributed by atoms with Gasteiger partial charge in [0.1, 0.15) is 0 Å². The third kappa shape index (κ3) is 4.48. The molecule has 7 nitrogen and oxygen atoms in total. The summed E-state index contributed by atoms with van der Waals surface area (Å²) in [7, 11) is 0. The Bertz CT molecular complexity index is 457. The van der Waals surface area contributed by atoms with E-state index in [9.17, 15) is 14.4 Å². The molecule has 3 amide bonds. The second-order valence-corrected chi connectivity index (χ2v) is 5.21. The van der Waals surface area contributed by atoms with Gasteiger partial charge < -0.3 is 16.8 Å². The minimum atomic E-state index is -1.89. The predicted molar refractivity (Wildman–Crippen MR) is 74.4 cm³/mol. The number of carbonyl (C=O) groups excluding carboxylic acids is 3. The summed E-state index contributed by atoms with van der Waals surface area (Å²) in [6.07, 6.45) is -0.746. The largest absolute Gasteiger partial charge is 0.368 e. The van der Waals surface area contributed by atoms with Crippen molar-refractivity contribution in [3.63, 3.8) is 0 Å². The molecule has 1 aliphatic heterocycles. The van der Waals surface area contributed by atoms with E-state index in [1.165, 1.54) is 4.90 Å². The fourth-order valence-corrected chi connectivity index (χ4v) is 2.31. The molecule has 1 heterocycles. The quantitative estimate of drug-likeness (QED) is 0.553. The molecule has 5 N–H and O–H groups in total. The molecule has 0 bridgehead atoms. The SMILES string of the molecule is [2H]C([2H])(C(C)C)[C@H](C(=O)NCC(N)=O)N1CCCC1C(N)=O. The van der Waals surface area contributed by atoms with Crippen LogP contribution in [0.2, 0.25) is 0 Å². The van der Waals surface area contributed by atoms with Crippen molar-refractivity contribution in [3.05, 3.63) is 0 Å². The van der Waals surface area contributed by atoms with Gasteiger partial charge in [-0.3, -0.25) is 19.3 Å². The first-order valence-corrected chi connectivity index (χ1v) is 6.70. The molecule has 1 saturated heterocycles. The maximum absolute atomic E-state index is 12.4. The molecule has 1 rings (SSSR count). The Kier molecular flexibility index (Phi) is 4.83. The molecule has 1 unspecified atom stereocenters. The number of amides is 3. The third-order valence-electron chi connectivity index (χ3n) is 3.13. The summed E-state index contributed by atoms with van der Waals surface area (Å²) < 4.78 is 16.5. The molecule has 0 aromatic rings. The molecular formula is C13H24N4O3. The van der Waals surface area contributed by atoms with Crippen LogP contribution in [0.25, 0.3) is 0 Å². The van der Waals surface area contributed by atoms with Gasteiger partial charge in [-0.05, 0) is 31.7 Å². The minimum Gasteiger partial charge on any atom is -0.368 e. The van der Waals surface area contributed by atoms with E-state index >= 15 is 0 Å². The summed E-state index contributed by atoms with van der Waals surface area (Å²) in [6.45, 7) is 3.33. The number of primary amides is 2. The van der Waals surface area contributed by atoms with Crippen molar-refractivity contribution in [3.8, 4) is 0 Å². The maximum atomic E-state index is 12.4. The summed E-state index contributed by atoms with van der Waals surface area (Å²) in [6, 6.07) is -1.88. The zero-order chi connectivity index (χ0) is 17.1. The summed E-state index contributed by atoms with van der Waals surface area (Å²) >= 11 is 0. The lowest BCUT2D eigenvalue weighted by Gasteiger charge is -2.31. The van der Waals surface area contributed by atoms with Crippen LogP contribution in [0.15, 0.2) is 0 Å². The van der Waals surface area contributed by atoms with E-state index in [0.29, 0.717) is 19.4 Å². The minimum absolute atomic E-state index is 0.376.